The van der Waals surface area contributed by atoms with Crippen LogP contribution in [0.2, 0.25) is 0 Å². The molecule has 0 saturated carbocycles. The van der Waals surface area contributed by atoms with Crippen molar-refractivity contribution >= 4 is 22.3 Å². The first-order valence-corrected chi connectivity index (χ1v) is 16.0. The summed E-state index contributed by atoms with van der Waals surface area (Å²) in [5.41, 5.74) is 0.495. The van der Waals surface area contributed by atoms with Crippen LogP contribution in [0.1, 0.15) is 44.9 Å². The Kier molecular flexibility index (Phi) is 11.0. The van der Waals surface area contributed by atoms with E-state index in [0.717, 1.165) is 28.4 Å². The summed E-state index contributed by atoms with van der Waals surface area (Å²) in [5, 5.41) is 20.6. The lowest BCUT2D eigenvalue weighted by atomic mass is 10.1. The summed E-state index contributed by atoms with van der Waals surface area (Å²) < 4.78 is 83.7. The van der Waals surface area contributed by atoms with Gasteiger partial charge in [0.25, 0.3) is 16.3 Å². The van der Waals surface area contributed by atoms with E-state index < -0.39 is 52.6 Å². The van der Waals surface area contributed by atoms with E-state index in [1.165, 1.54) is 24.1 Å². The maximum Gasteiger partial charge on any atom is 0.511 e. The van der Waals surface area contributed by atoms with Gasteiger partial charge < -0.3 is 19.4 Å². The average molecular weight is 699 g/mol. The molecule has 1 fully saturated rings. The first-order chi connectivity index (χ1) is 22.5. The number of benzene rings is 2. The highest BCUT2D eigenvalue weighted by Crippen LogP contribution is 2.33. The third kappa shape index (κ3) is 9.26. The first kappa shape index (κ1) is 35.8. The molecule has 1 saturated heterocycles. The maximum absolute atomic E-state index is 13.5. The molecule has 3 aromatic rings. The van der Waals surface area contributed by atoms with Crippen molar-refractivity contribution in [2.24, 2.45) is 5.28 Å². The average Bonchev–Trinajstić information content (AvgIpc) is 3.67. The van der Waals surface area contributed by atoms with Crippen LogP contribution < -0.4 is 4.72 Å². The van der Waals surface area contributed by atoms with Crippen molar-refractivity contribution in [2.75, 3.05) is 13.2 Å². The Morgan fingerprint density at radius 1 is 1.10 bits per heavy atom. The lowest BCUT2D eigenvalue weighted by molar-refractivity contribution is -0.716. The first-order valence-electron chi connectivity index (χ1n) is 14.6. The predicted molar refractivity (Wildman–Crippen MR) is 159 cm³/mol. The van der Waals surface area contributed by atoms with E-state index in [1.54, 1.807) is 42.8 Å². The van der Waals surface area contributed by atoms with Crippen molar-refractivity contribution in [2.45, 2.75) is 70.0 Å². The fourth-order valence-corrected chi connectivity index (χ4v) is 5.42. The number of nitrogens with zero attached hydrogens (tertiary/aromatic N) is 5. The predicted octanol–water partition coefficient (Wildman–Crippen LogP) is 5.46. The van der Waals surface area contributed by atoms with Gasteiger partial charge >= 0.3 is 18.4 Å². The lowest BCUT2D eigenvalue weighted by Gasteiger charge is -2.20. The van der Waals surface area contributed by atoms with Gasteiger partial charge in [-0.05, 0) is 63.9 Å². The summed E-state index contributed by atoms with van der Waals surface area (Å²) in [4.78, 5) is 28.5. The second-order valence-electron chi connectivity index (χ2n) is 10.9. The van der Waals surface area contributed by atoms with Crippen LogP contribution in [0, 0.1) is 12.1 Å². The van der Waals surface area contributed by atoms with Crippen molar-refractivity contribution in [1.82, 2.24) is 19.5 Å². The SMILES string of the molecule is Cc1ccc(-c2cc(C(F)(F)F)nn2-c2ccc(S(=O)(=O)NC(=O)OC[C@@H]3CCCN3/[N+]([O-])=N\OC(C)OC(=O)OC(C)C)cc2)cc1. The molecule has 1 unspecified atom stereocenters. The number of hydrazine groups is 1. The number of nitrogens with one attached hydrogen (secondary N) is 1. The Balaban J connectivity index is 1.37. The van der Waals surface area contributed by atoms with E-state index in [4.69, 9.17) is 19.0 Å². The van der Waals surface area contributed by atoms with Crippen LogP contribution in [0.4, 0.5) is 22.8 Å². The van der Waals surface area contributed by atoms with Gasteiger partial charge in [-0.3, -0.25) is 4.84 Å². The number of aromatic nitrogens is 2. The van der Waals surface area contributed by atoms with Crippen LogP contribution in [0.25, 0.3) is 16.9 Å². The standard InChI is InChI=1S/C29H33F3N6O9S/c1-18(2)45-28(40)46-20(4)47-35-38(41)36-15-5-6-23(36)17-44-27(39)34-48(42,43)24-13-11-22(12-14-24)37-25(16-26(33-37)29(30,31)32)21-9-7-19(3)8-10-21/h7-14,16,18,20,23H,5-6,15,17H2,1-4H3,(H,34,39)/b38-35+/t20?,23-/m0/s1. The quantitative estimate of drug-likeness (QED) is 0.0884. The molecule has 4 rings (SSSR count). The van der Waals surface area contributed by atoms with Gasteiger partial charge in [0.2, 0.25) is 5.28 Å². The molecule has 0 radical (unpaired) electrons. The smallest absolute Gasteiger partial charge is 0.511 e. The largest absolute Gasteiger partial charge is 0.569 e. The molecule has 48 heavy (non-hydrogen) atoms. The number of carbonyl (C=O) groups excluding carboxylic acids is 2. The van der Waals surface area contributed by atoms with Crippen molar-refractivity contribution < 1.29 is 55.2 Å². The van der Waals surface area contributed by atoms with Gasteiger partial charge in [-0.15, -0.1) is 5.01 Å². The number of alkyl halides is 3. The van der Waals surface area contributed by atoms with E-state index >= 15 is 0 Å². The lowest BCUT2D eigenvalue weighted by Crippen LogP contribution is -2.40. The van der Waals surface area contributed by atoms with Gasteiger partial charge in [-0.2, -0.15) is 18.3 Å². The molecular formula is C29H33F3N6O9S. The summed E-state index contributed by atoms with van der Waals surface area (Å²) >= 11 is 0. The summed E-state index contributed by atoms with van der Waals surface area (Å²) in [7, 11) is -4.47. The normalized spacial score (nSPS) is 16.0. The Hall–Kier alpha value is -5.07. The summed E-state index contributed by atoms with van der Waals surface area (Å²) in [6.07, 6.45) is -7.82. The molecule has 19 heteroatoms. The van der Waals surface area contributed by atoms with Crippen LogP contribution in [0.5, 0.6) is 0 Å². The van der Waals surface area contributed by atoms with Gasteiger partial charge in [0.05, 0.1) is 33.9 Å². The van der Waals surface area contributed by atoms with E-state index in [1.807, 2.05) is 6.92 Å². The molecule has 2 heterocycles. The van der Waals surface area contributed by atoms with E-state index in [2.05, 4.69) is 10.4 Å². The molecule has 0 spiro atoms. The second kappa shape index (κ2) is 14.8. The highest BCUT2D eigenvalue weighted by Gasteiger charge is 2.36. The third-order valence-corrected chi connectivity index (χ3v) is 8.12. The number of hydrogen-bond acceptors (Lipinski definition) is 11. The van der Waals surface area contributed by atoms with Crippen molar-refractivity contribution in [3.63, 3.8) is 0 Å². The van der Waals surface area contributed by atoms with E-state index in [0.29, 0.717) is 18.4 Å². The summed E-state index contributed by atoms with van der Waals surface area (Å²) in [6, 6.07) is 11.7. The topological polar surface area (TPSA) is 177 Å². The number of hydrogen-bond donors (Lipinski definition) is 1. The monoisotopic (exact) mass is 698 g/mol. The Labute approximate surface area is 273 Å². The minimum atomic E-state index is -4.72. The Bertz CT molecular complexity index is 1730. The zero-order valence-corrected chi connectivity index (χ0v) is 27.0. The number of halogens is 3. The summed E-state index contributed by atoms with van der Waals surface area (Å²) in [6.45, 7) is 6.20. The summed E-state index contributed by atoms with van der Waals surface area (Å²) in [5.74, 6) is 0. The highest BCUT2D eigenvalue weighted by atomic mass is 32.2. The molecule has 1 aromatic heterocycles. The molecule has 260 valence electrons. The van der Waals surface area contributed by atoms with Crippen LogP contribution in [-0.4, -0.2) is 72.0 Å². The van der Waals surface area contributed by atoms with Crippen LogP contribution in [-0.2, 0) is 35.2 Å². The second-order valence-corrected chi connectivity index (χ2v) is 12.6. The molecular weight excluding hydrogens is 665 g/mol. The molecule has 0 bridgehead atoms. The molecule has 1 aliphatic heterocycles. The van der Waals surface area contributed by atoms with Gasteiger partial charge in [0.15, 0.2) is 5.69 Å². The van der Waals surface area contributed by atoms with Gasteiger partial charge in [0.1, 0.15) is 12.6 Å². The number of sulfonamides is 1. The Morgan fingerprint density at radius 3 is 2.40 bits per heavy atom. The Morgan fingerprint density at radius 2 is 1.77 bits per heavy atom. The van der Waals surface area contributed by atoms with E-state index in [9.17, 15) is 36.4 Å². The fraction of sp³-hybridized carbons (Fsp3) is 0.414. The number of ether oxygens (including phenoxy) is 3. The third-order valence-electron chi connectivity index (χ3n) is 6.79. The van der Waals surface area contributed by atoms with E-state index in [-0.39, 0.29) is 34.4 Å². The zero-order chi connectivity index (χ0) is 35.2. The van der Waals surface area contributed by atoms with Crippen molar-refractivity contribution in [3.8, 4) is 16.9 Å². The zero-order valence-electron chi connectivity index (χ0n) is 26.2. The highest BCUT2D eigenvalue weighted by molar-refractivity contribution is 7.90. The number of carbonyl (C=O) groups is 2. The molecule has 1 aliphatic rings. The van der Waals surface area contributed by atoms with Crippen LogP contribution in [0.15, 0.2) is 64.8 Å². The fourth-order valence-electron chi connectivity index (χ4n) is 4.53. The van der Waals surface area contributed by atoms with Gasteiger partial charge in [-0.1, -0.05) is 29.8 Å². The molecule has 0 aliphatic carbocycles. The van der Waals surface area contributed by atoms with Crippen molar-refractivity contribution in [3.05, 3.63) is 71.1 Å². The molecule has 1 amide bonds. The van der Waals surface area contributed by atoms with Crippen molar-refractivity contribution in [1.29, 1.82) is 0 Å². The number of amides is 1. The van der Waals surface area contributed by atoms with Crippen LogP contribution in [0.3, 0.4) is 0 Å². The molecule has 2 atom stereocenters. The number of rotatable bonds is 11. The molecule has 1 N–H and O–H groups in total. The maximum atomic E-state index is 13.5. The minimum Gasteiger partial charge on any atom is -0.569 e. The van der Waals surface area contributed by atoms with Gasteiger partial charge in [0, 0.05) is 12.5 Å². The number of aryl methyl sites for hydroxylation is 1. The van der Waals surface area contributed by atoms with Crippen LogP contribution >= 0.6 is 0 Å². The molecule has 2 aromatic carbocycles. The minimum absolute atomic E-state index is 0.104. The molecule has 15 nitrogen and oxygen atoms in total. The van der Waals surface area contributed by atoms with Gasteiger partial charge in [-0.25, -0.2) is 27.4 Å².